The summed E-state index contributed by atoms with van der Waals surface area (Å²) < 4.78 is 9.37. The number of rotatable bonds is 3. The van der Waals surface area contributed by atoms with E-state index in [1.807, 2.05) is 31.5 Å². The lowest BCUT2D eigenvalue weighted by Gasteiger charge is -2.09. The molecular formula is C16H17N5O2. The molecule has 3 aromatic rings. The molecule has 0 saturated carbocycles. The molecule has 0 bridgehead atoms. The Labute approximate surface area is 133 Å². The molecule has 0 saturated heterocycles. The Kier molecular flexibility index (Phi) is 3.24. The van der Waals surface area contributed by atoms with Crippen molar-refractivity contribution in [1.29, 1.82) is 0 Å². The molecule has 7 heteroatoms. The Morgan fingerprint density at radius 2 is 2.17 bits per heavy atom. The lowest BCUT2D eigenvalue weighted by atomic mass is 10.1. The fourth-order valence-corrected chi connectivity index (χ4v) is 3.02. The molecule has 0 atom stereocenters. The van der Waals surface area contributed by atoms with Crippen LogP contribution in [-0.4, -0.2) is 36.5 Å². The number of aromatic nitrogens is 5. The van der Waals surface area contributed by atoms with Crippen molar-refractivity contribution in [3.63, 3.8) is 0 Å². The number of benzene rings is 1. The third-order valence-electron chi connectivity index (χ3n) is 4.23. The molecule has 118 valence electrons. The summed E-state index contributed by atoms with van der Waals surface area (Å²) >= 11 is 0. The minimum Gasteiger partial charge on any atom is -0.392 e. The van der Waals surface area contributed by atoms with Crippen LogP contribution in [-0.2, 0) is 24.5 Å². The normalized spacial score (nSPS) is 12.5. The number of hydrogen-bond acceptors (Lipinski definition) is 5. The van der Waals surface area contributed by atoms with Crippen molar-refractivity contribution >= 4 is 0 Å². The Balaban J connectivity index is 2.02. The molecule has 0 amide bonds. The van der Waals surface area contributed by atoms with Crippen LogP contribution in [0.4, 0.5) is 0 Å². The maximum Gasteiger partial charge on any atom is 0.166 e. The lowest BCUT2D eigenvalue weighted by molar-refractivity contribution is 0.174. The van der Waals surface area contributed by atoms with E-state index in [0.717, 1.165) is 39.9 Å². The highest BCUT2D eigenvalue weighted by molar-refractivity contribution is 5.70. The molecule has 3 heterocycles. The van der Waals surface area contributed by atoms with Gasteiger partial charge < -0.3 is 19.0 Å². The van der Waals surface area contributed by atoms with E-state index in [2.05, 4.69) is 24.3 Å². The van der Waals surface area contributed by atoms with Crippen LogP contribution >= 0.6 is 0 Å². The molecule has 0 radical (unpaired) electrons. The Morgan fingerprint density at radius 1 is 1.30 bits per heavy atom. The van der Waals surface area contributed by atoms with E-state index in [-0.39, 0.29) is 6.61 Å². The summed E-state index contributed by atoms with van der Waals surface area (Å²) in [5.74, 6) is 1.56. The smallest absolute Gasteiger partial charge is 0.166 e. The second kappa shape index (κ2) is 5.29. The number of ether oxygens (including phenoxy) is 1. The molecule has 0 unspecified atom stereocenters. The van der Waals surface area contributed by atoms with Crippen LogP contribution in [0, 0.1) is 6.92 Å². The lowest BCUT2D eigenvalue weighted by Crippen LogP contribution is -2.08. The van der Waals surface area contributed by atoms with Crippen molar-refractivity contribution < 1.29 is 9.84 Å². The van der Waals surface area contributed by atoms with Crippen LogP contribution in [0.25, 0.3) is 17.1 Å². The first-order chi connectivity index (χ1) is 11.2. The molecule has 23 heavy (non-hydrogen) atoms. The molecule has 1 aromatic carbocycles. The average molecular weight is 311 g/mol. The van der Waals surface area contributed by atoms with E-state index in [1.165, 1.54) is 0 Å². The van der Waals surface area contributed by atoms with Gasteiger partial charge in [0.15, 0.2) is 11.6 Å². The average Bonchev–Trinajstić information content (AvgIpc) is 3.09. The van der Waals surface area contributed by atoms with Gasteiger partial charge in [-0.1, -0.05) is 6.07 Å². The number of nitrogens with zero attached hydrogens (tertiary/aromatic N) is 5. The number of imidazole rings is 1. The highest BCUT2D eigenvalue weighted by Crippen LogP contribution is 2.33. The van der Waals surface area contributed by atoms with Gasteiger partial charge in [-0.05, 0) is 24.6 Å². The van der Waals surface area contributed by atoms with Gasteiger partial charge in [-0.15, -0.1) is 10.2 Å². The number of fused-ring (bicyclic) bond motifs is 5. The van der Waals surface area contributed by atoms with Crippen LogP contribution in [0.1, 0.15) is 22.8 Å². The van der Waals surface area contributed by atoms with Gasteiger partial charge in [0, 0.05) is 12.7 Å². The maximum absolute atomic E-state index is 9.46. The molecule has 1 N–H and O–H groups in total. The van der Waals surface area contributed by atoms with E-state index >= 15 is 0 Å². The van der Waals surface area contributed by atoms with Gasteiger partial charge in [-0.25, -0.2) is 4.98 Å². The van der Waals surface area contributed by atoms with Gasteiger partial charge in [-0.3, -0.25) is 0 Å². The van der Waals surface area contributed by atoms with E-state index in [1.54, 1.807) is 7.11 Å². The molecule has 2 aromatic heterocycles. The third-order valence-corrected chi connectivity index (χ3v) is 4.23. The number of aliphatic hydroxyl groups is 1. The fourth-order valence-electron chi connectivity index (χ4n) is 3.02. The zero-order valence-corrected chi connectivity index (χ0v) is 13.0. The van der Waals surface area contributed by atoms with Crippen molar-refractivity contribution in [2.24, 2.45) is 0 Å². The third kappa shape index (κ3) is 2.08. The second-order valence-corrected chi connectivity index (χ2v) is 5.62. The molecule has 7 nitrogen and oxygen atoms in total. The van der Waals surface area contributed by atoms with E-state index in [0.29, 0.717) is 13.2 Å². The Morgan fingerprint density at radius 3 is 2.96 bits per heavy atom. The SMILES string of the molecule is COCc1nnc2n1Cc1c(C)ncn1-c1ccc(CO)cc1-2. The van der Waals surface area contributed by atoms with Crippen LogP contribution in [0.15, 0.2) is 24.5 Å². The monoisotopic (exact) mass is 311 g/mol. The summed E-state index contributed by atoms with van der Waals surface area (Å²) in [4.78, 5) is 4.44. The van der Waals surface area contributed by atoms with Crippen molar-refractivity contribution in [2.45, 2.75) is 26.7 Å². The van der Waals surface area contributed by atoms with E-state index in [9.17, 15) is 5.11 Å². The van der Waals surface area contributed by atoms with Crippen molar-refractivity contribution in [2.75, 3.05) is 7.11 Å². The molecule has 4 rings (SSSR count). The van der Waals surface area contributed by atoms with Crippen molar-refractivity contribution in [3.05, 3.63) is 47.3 Å². The first kappa shape index (κ1) is 14.1. The largest absolute Gasteiger partial charge is 0.392 e. The predicted octanol–water partition coefficient (Wildman–Crippen LogP) is 1.44. The number of methoxy groups -OCH3 is 1. The van der Waals surface area contributed by atoms with Crippen molar-refractivity contribution in [1.82, 2.24) is 24.3 Å². The minimum absolute atomic E-state index is 0.0117. The molecular weight excluding hydrogens is 294 g/mol. The van der Waals surface area contributed by atoms with Gasteiger partial charge in [0.2, 0.25) is 0 Å². The van der Waals surface area contributed by atoms with E-state index in [4.69, 9.17) is 4.74 Å². The summed E-state index contributed by atoms with van der Waals surface area (Å²) in [6.45, 7) is 3.02. The number of hydrogen-bond donors (Lipinski definition) is 1. The van der Waals surface area contributed by atoms with Gasteiger partial charge in [-0.2, -0.15) is 0 Å². The van der Waals surface area contributed by atoms with Crippen LogP contribution in [0.2, 0.25) is 0 Å². The number of aliphatic hydroxyl groups excluding tert-OH is 1. The first-order valence-electron chi connectivity index (χ1n) is 7.41. The Hall–Kier alpha value is -2.51. The van der Waals surface area contributed by atoms with Crippen LogP contribution in [0.5, 0.6) is 0 Å². The number of aryl methyl sites for hydroxylation is 1. The fraction of sp³-hybridized carbons (Fsp3) is 0.312. The van der Waals surface area contributed by atoms with Crippen molar-refractivity contribution in [3.8, 4) is 17.1 Å². The first-order valence-corrected chi connectivity index (χ1v) is 7.41. The molecule has 0 aliphatic carbocycles. The maximum atomic E-state index is 9.46. The highest BCUT2D eigenvalue weighted by atomic mass is 16.5. The topological polar surface area (TPSA) is 78.0 Å². The van der Waals surface area contributed by atoms with Gasteiger partial charge >= 0.3 is 0 Å². The summed E-state index contributed by atoms with van der Waals surface area (Å²) in [5.41, 5.74) is 4.84. The summed E-state index contributed by atoms with van der Waals surface area (Å²) in [5, 5.41) is 18.1. The van der Waals surface area contributed by atoms with Crippen LogP contribution in [0.3, 0.4) is 0 Å². The van der Waals surface area contributed by atoms with Crippen LogP contribution < -0.4 is 0 Å². The predicted molar refractivity (Wildman–Crippen MR) is 83.1 cm³/mol. The summed E-state index contributed by atoms with van der Waals surface area (Å²) in [7, 11) is 1.64. The molecule has 1 aliphatic heterocycles. The minimum atomic E-state index is -0.0117. The highest BCUT2D eigenvalue weighted by Gasteiger charge is 2.24. The zero-order valence-electron chi connectivity index (χ0n) is 13.0. The van der Waals surface area contributed by atoms with E-state index < -0.39 is 0 Å². The quantitative estimate of drug-likeness (QED) is 0.619. The molecule has 0 fully saturated rings. The van der Waals surface area contributed by atoms with Gasteiger partial charge in [0.25, 0.3) is 0 Å². The van der Waals surface area contributed by atoms with Gasteiger partial charge in [0.05, 0.1) is 36.6 Å². The molecule has 0 spiro atoms. The summed E-state index contributed by atoms with van der Waals surface area (Å²) in [6.07, 6.45) is 1.83. The Bertz CT molecular complexity index is 881. The zero-order chi connectivity index (χ0) is 16.0. The second-order valence-electron chi connectivity index (χ2n) is 5.62. The molecule has 1 aliphatic rings. The summed E-state index contributed by atoms with van der Waals surface area (Å²) in [6, 6.07) is 5.86. The standard InChI is InChI=1S/C16H17N5O2/c1-10-14-6-20-15(8-23-2)18-19-16(20)12-5-11(7-22)3-4-13(12)21(14)9-17-10/h3-5,9,22H,6-8H2,1-2H3. The van der Waals surface area contributed by atoms with Gasteiger partial charge in [0.1, 0.15) is 6.61 Å².